The molecule has 0 fully saturated rings. The van der Waals surface area contributed by atoms with Crippen molar-refractivity contribution in [2.24, 2.45) is 5.10 Å². The quantitative estimate of drug-likeness (QED) is 0.220. The van der Waals surface area contributed by atoms with Crippen LogP contribution in [-0.2, 0) is 16.2 Å². The summed E-state index contributed by atoms with van der Waals surface area (Å²) in [4.78, 5) is 24.1. The lowest BCUT2D eigenvalue weighted by atomic mass is 10.2. The zero-order valence-electron chi connectivity index (χ0n) is 18.4. The molecule has 2 N–H and O–H groups in total. The Balaban J connectivity index is 1.53. The number of hydrogen-bond donors (Lipinski definition) is 2. The molecule has 3 aromatic carbocycles. The van der Waals surface area contributed by atoms with Gasteiger partial charge in [-0.1, -0.05) is 53.5 Å². The summed E-state index contributed by atoms with van der Waals surface area (Å²) in [6.07, 6.45) is 1.05. The van der Waals surface area contributed by atoms with Gasteiger partial charge in [-0.3, -0.25) is 9.59 Å². The van der Waals surface area contributed by atoms with Crippen LogP contribution in [0.25, 0.3) is 0 Å². The SMILES string of the molecule is CCOc1cc(/C=N\NC(=O)CC(=O)Nc2ccc(Cl)c(Cl)c2)ccc1OCc1ccccc1. The van der Waals surface area contributed by atoms with Crippen LogP contribution in [0.1, 0.15) is 24.5 Å². The molecule has 0 aliphatic rings. The monoisotopic (exact) mass is 499 g/mol. The summed E-state index contributed by atoms with van der Waals surface area (Å²) < 4.78 is 11.6. The molecule has 3 aromatic rings. The second-order valence-corrected chi connectivity index (χ2v) is 7.87. The second-order valence-electron chi connectivity index (χ2n) is 7.06. The van der Waals surface area contributed by atoms with Crippen LogP contribution in [0.2, 0.25) is 10.0 Å². The first kappa shape index (κ1) is 25.1. The molecule has 0 aliphatic carbocycles. The summed E-state index contributed by atoms with van der Waals surface area (Å²) in [6, 6.07) is 19.8. The van der Waals surface area contributed by atoms with Crippen molar-refractivity contribution >= 4 is 46.9 Å². The van der Waals surface area contributed by atoms with E-state index in [0.717, 1.165) is 5.56 Å². The molecule has 176 valence electrons. The van der Waals surface area contributed by atoms with Crippen molar-refractivity contribution in [3.63, 3.8) is 0 Å². The van der Waals surface area contributed by atoms with E-state index in [0.29, 0.717) is 46.0 Å². The molecular formula is C25H23Cl2N3O4. The molecule has 9 heteroatoms. The van der Waals surface area contributed by atoms with Gasteiger partial charge in [0, 0.05) is 5.69 Å². The third-order valence-corrected chi connectivity index (χ3v) is 5.17. The molecule has 0 aromatic heterocycles. The third kappa shape index (κ3) is 7.79. The van der Waals surface area contributed by atoms with E-state index in [4.69, 9.17) is 32.7 Å². The number of carbonyl (C=O) groups excluding carboxylic acids is 2. The fraction of sp³-hybridized carbons (Fsp3) is 0.160. The molecule has 0 bridgehead atoms. The lowest BCUT2D eigenvalue weighted by Crippen LogP contribution is -2.24. The first-order valence-electron chi connectivity index (χ1n) is 10.4. The summed E-state index contributed by atoms with van der Waals surface area (Å²) in [5, 5.41) is 7.16. The Bertz CT molecular complexity index is 1170. The van der Waals surface area contributed by atoms with E-state index in [2.05, 4.69) is 15.8 Å². The van der Waals surface area contributed by atoms with Crippen LogP contribution in [-0.4, -0.2) is 24.6 Å². The van der Waals surface area contributed by atoms with Gasteiger partial charge in [-0.25, -0.2) is 5.43 Å². The van der Waals surface area contributed by atoms with E-state index < -0.39 is 18.2 Å². The van der Waals surface area contributed by atoms with Crippen molar-refractivity contribution in [2.75, 3.05) is 11.9 Å². The predicted molar refractivity (Wildman–Crippen MR) is 134 cm³/mol. The molecule has 0 spiro atoms. The number of carbonyl (C=O) groups is 2. The van der Waals surface area contributed by atoms with Crippen LogP contribution in [0.5, 0.6) is 11.5 Å². The molecule has 34 heavy (non-hydrogen) atoms. The van der Waals surface area contributed by atoms with E-state index >= 15 is 0 Å². The van der Waals surface area contributed by atoms with Gasteiger partial charge in [0.25, 0.3) is 0 Å². The second kappa shape index (κ2) is 12.6. The average molecular weight is 500 g/mol. The molecule has 0 radical (unpaired) electrons. The minimum Gasteiger partial charge on any atom is -0.490 e. The van der Waals surface area contributed by atoms with Crippen LogP contribution in [0.4, 0.5) is 5.69 Å². The smallest absolute Gasteiger partial charge is 0.249 e. The Morgan fingerprint density at radius 2 is 1.71 bits per heavy atom. The van der Waals surface area contributed by atoms with Gasteiger partial charge in [0.1, 0.15) is 13.0 Å². The largest absolute Gasteiger partial charge is 0.490 e. The molecule has 0 heterocycles. The highest BCUT2D eigenvalue weighted by molar-refractivity contribution is 6.42. The molecule has 3 rings (SSSR count). The van der Waals surface area contributed by atoms with Crippen LogP contribution in [0, 0.1) is 0 Å². The summed E-state index contributed by atoms with van der Waals surface area (Å²) in [5.41, 5.74) is 4.50. The highest BCUT2D eigenvalue weighted by atomic mass is 35.5. The minimum absolute atomic E-state index is 0.302. The molecule has 0 atom stereocenters. The summed E-state index contributed by atoms with van der Waals surface area (Å²) in [5.74, 6) is 0.0897. The number of benzene rings is 3. The summed E-state index contributed by atoms with van der Waals surface area (Å²) in [7, 11) is 0. The number of hydrazone groups is 1. The van der Waals surface area contributed by atoms with Crippen molar-refractivity contribution in [3.8, 4) is 11.5 Å². The number of rotatable bonds is 10. The normalized spacial score (nSPS) is 10.7. The number of nitrogens with zero attached hydrogens (tertiary/aromatic N) is 1. The van der Waals surface area contributed by atoms with Crippen molar-refractivity contribution < 1.29 is 19.1 Å². The van der Waals surface area contributed by atoms with Crippen LogP contribution >= 0.6 is 23.2 Å². The molecule has 2 amide bonds. The van der Waals surface area contributed by atoms with Crippen LogP contribution in [0.15, 0.2) is 71.8 Å². The van der Waals surface area contributed by atoms with E-state index in [-0.39, 0.29) is 0 Å². The standard InChI is InChI=1S/C25H23Cl2N3O4/c1-2-33-23-12-18(8-11-22(23)34-16-17-6-4-3-5-7-17)15-28-30-25(32)14-24(31)29-19-9-10-20(26)21(27)13-19/h3-13,15H,2,14,16H2,1H3,(H,29,31)(H,30,32)/b28-15-. The van der Waals surface area contributed by atoms with E-state index in [1.54, 1.807) is 30.3 Å². The number of anilines is 1. The fourth-order valence-corrected chi connectivity index (χ4v) is 3.17. The molecular weight excluding hydrogens is 477 g/mol. The highest BCUT2D eigenvalue weighted by Gasteiger charge is 2.10. The maximum absolute atomic E-state index is 12.0. The van der Waals surface area contributed by atoms with Gasteiger partial charge in [-0.15, -0.1) is 0 Å². The van der Waals surface area contributed by atoms with E-state index in [9.17, 15) is 9.59 Å². The van der Waals surface area contributed by atoms with E-state index in [1.807, 2.05) is 37.3 Å². The van der Waals surface area contributed by atoms with Crippen LogP contribution < -0.4 is 20.2 Å². The van der Waals surface area contributed by atoms with Gasteiger partial charge < -0.3 is 14.8 Å². The maximum Gasteiger partial charge on any atom is 0.249 e. The number of halogens is 2. The number of ether oxygens (including phenoxy) is 2. The lowest BCUT2D eigenvalue weighted by Gasteiger charge is -2.12. The number of amides is 2. The van der Waals surface area contributed by atoms with Gasteiger partial charge >= 0.3 is 0 Å². The van der Waals surface area contributed by atoms with Gasteiger partial charge in [0.15, 0.2) is 11.5 Å². The Morgan fingerprint density at radius 3 is 2.44 bits per heavy atom. The van der Waals surface area contributed by atoms with Gasteiger partial charge in [0.05, 0.1) is 22.9 Å². The predicted octanol–water partition coefficient (Wildman–Crippen LogP) is 5.45. The first-order valence-corrected chi connectivity index (χ1v) is 11.2. The Labute approximate surface area is 207 Å². The van der Waals surface area contributed by atoms with Gasteiger partial charge in [-0.2, -0.15) is 5.10 Å². The van der Waals surface area contributed by atoms with Crippen molar-refractivity contribution in [1.82, 2.24) is 5.43 Å². The first-order chi connectivity index (χ1) is 16.4. The summed E-state index contributed by atoms with van der Waals surface area (Å²) in [6.45, 7) is 2.76. The lowest BCUT2D eigenvalue weighted by molar-refractivity contribution is -0.126. The number of nitrogens with one attached hydrogen (secondary N) is 2. The summed E-state index contributed by atoms with van der Waals surface area (Å²) >= 11 is 11.8. The highest BCUT2D eigenvalue weighted by Crippen LogP contribution is 2.29. The fourth-order valence-electron chi connectivity index (χ4n) is 2.87. The van der Waals surface area contributed by atoms with Gasteiger partial charge in [0.2, 0.25) is 11.8 Å². The Hall–Kier alpha value is -3.55. The third-order valence-electron chi connectivity index (χ3n) is 4.43. The topological polar surface area (TPSA) is 89.0 Å². The zero-order valence-corrected chi connectivity index (χ0v) is 19.9. The molecule has 0 unspecified atom stereocenters. The Morgan fingerprint density at radius 1 is 0.912 bits per heavy atom. The molecule has 0 aliphatic heterocycles. The van der Waals surface area contributed by atoms with Crippen molar-refractivity contribution in [3.05, 3.63) is 87.9 Å². The van der Waals surface area contributed by atoms with Crippen molar-refractivity contribution in [1.29, 1.82) is 0 Å². The molecule has 0 saturated heterocycles. The van der Waals surface area contributed by atoms with Crippen LogP contribution in [0.3, 0.4) is 0 Å². The maximum atomic E-state index is 12.0. The Kier molecular flexibility index (Phi) is 9.31. The molecule has 7 nitrogen and oxygen atoms in total. The van der Waals surface area contributed by atoms with Gasteiger partial charge in [-0.05, 0) is 54.4 Å². The van der Waals surface area contributed by atoms with Crippen molar-refractivity contribution in [2.45, 2.75) is 20.0 Å². The minimum atomic E-state index is -0.568. The zero-order chi connectivity index (χ0) is 24.3. The molecule has 0 saturated carbocycles. The number of hydrogen-bond acceptors (Lipinski definition) is 5. The average Bonchev–Trinajstić information content (AvgIpc) is 2.82. The van der Waals surface area contributed by atoms with E-state index in [1.165, 1.54) is 12.3 Å².